The molecule has 4 heteroatoms. The van der Waals surface area contributed by atoms with E-state index in [0.717, 1.165) is 19.4 Å². The molecule has 4 bridgehead atoms. The summed E-state index contributed by atoms with van der Waals surface area (Å²) in [5, 5.41) is 0. The molecular formula is C15H25NO3. The number of ether oxygens (including phenoxy) is 2. The molecule has 0 radical (unpaired) electrons. The summed E-state index contributed by atoms with van der Waals surface area (Å²) in [4.78, 5) is 14.6. The van der Waals surface area contributed by atoms with Crippen LogP contribution in [0.1, 0.15) is 39.0 Å². The molecule has 0 spiro atoms. The van der Waals surface area contributed by atoms with E-state index < -0.39 is 5.79 Å². The summed E-state index contributed by atoms with van der Waals surface area (Å²) in [5.41, 5.74) is 0. The first-order valence-electron chi connectivity index (χ1n) is 7.55. The summed E-state index contributed by atoms with van der Waals surface area (Å²) in [5.74, 6) is 1.33. The van der Waals surface area contributed by atoms with Crippen molar-refractivity contribution in [1.82, 2.24) is 4.90 Å². The Balaban J connectivity index is 2.01. The highest BCUT2D eigenvalue weighted by Gasteiger charge is 2.57. The number of fused-ring (bicyclic) bond motifs is 1. The lowest BCUT2D eigenvalue weighted by atomic mass is 9.64. The van der Waals surface area contributed by atoms with Crippen molar-refractivity contribution >= 4 is 5.91 Å². The third-order valence-corrected chi connectivity index (χ3v) is 5.72. The van der Waals surface area contributed by atoms with E-state index in [1.165, 1.54) is 6.42 Å². The van der Waals surface area contributed by atoms with Crippen LogP contribution in [0.5, 0.6) is 0 Å². The van der Waals surface area contributed by atoms with Crippen LogP contribution in [0.25, 0.3) is 0 Å². The lowest BCUT2D eigenvalue weighted by Gasteiger charge is -2.56. The number of piperidine rings is 2. The number of hydrogen-bond donors (Lipinski definition) is 0. The molecule has 0 N–H and O–H groups in total. The summed E-state index contributed by atoms with van der Waals surface area (Å²) >= 11 is 0. The molecule has 1 amide bonds. The minimum absolute atomic E-state index is 0.300. The van der Waals surface area contributed by atoms with Crippen LogP contribution in [0.3, 0.4) is 0 Å². The van der Waals surface area contributed by atoms with E-state index in [1.54, 1.807) is 14.2 Å². The average molecular weight is 267 g/mol. The SMILES string of the molecule is CCC1CC2CC3C1N(C2)C(=O)CCC3(OC)OC. The highest BCUT2D eigenvalue weighted by molar-refractivity contribution is 5.77. The van der Waals surface area contributed by atoms with Gasteiger partial charge in [-0.2, -0.15) is 0 Å². The smallest absolute Gasteiger partial charge is 0.223 e. The van der Waals surface area contributed by atoms with Crippen LogP contribution in [-0.4, -0.2) is 43.4 Å². The number of hydrogen-bond acceptors (Lipinski definition) is 3. The van der Waals surface area contributed by atoms with Crippen LogP contribution in [0.4, 0.5) is 0 Å². The van der Waals surface area contributed by atoms with E-state index in [1.807, 2.05) is 0 Å². The molecule has 4 unspecified atom stereocenters. The zero-order chi connectivity index (χ0) is 13.6. The lowest BCUT2D eigenvalue weighted by Crippen LogP contribution is -2.63. The van der Waals surface area contributed by atoms with E-state index >= 15 is 0 Å². The first-order valence-corrected chi connectivity index (χ1v) is 7.55. The van der Waals surface area contributed by atoms with Gasteiger partial charge in [0.25, 0.3) is 0 Å². The van der Waals surface area contributed by atoms with Crippen LogP contribution >= 0.6 is 0 Å². The first kappa shape index (κ1) is 13.4. The van der Waals surface area contributed by atoms with Gasteiger partial charge in [-0.1, -0.05) is 13.3 Å². The Hall–Kier alpha value is -0.610. The van der Waals surface area contributed by atoms with Gasteiger partial charge in [-0.15, -0.1) is 0 Å². The zero-order valence-electron chi connectivity index (χ0n) is 12.2. The second-order valence-electron chi connectivity index (χ2n) is 6.37. The molecule has 3 aliphatic heterocycles. The van der Waals surface area contributed by atoms with Gasteiger partial charge < -0.3 is 14.4 Å². The van der Waals surface area contributed by atoms with Gasteiger partial charge in [-0.05, 0) is 24.7 Å². The summed E-state index contributed by atoms with van der Waals surface area (Å²) in [6, 6.07) is 0.324. The zero-order valence-corrected chi connectivity index (χ0v) is 12.2. The number of carbonyl (C=O) groups excluding carboxylic acids is 1. The van der Waals surface area contributed by atoms with Gasteiger partial charge in [0.15, 0.2) is 5.79 Å². The number of methoxy groups -OCH3 is 2. The van der Waals surface area contributed by atoms with Crippen molar-refractivity contribution < 1.29 is 14.3 Å². The molecule has 0 aromatic carbocycles. The molecule has 3 heterocycles. The number of nitrogens with zero attached hydrogens (tertiary/aromatic N) is 1. The van der Waals surface area contributed by atoms with Crippen molar-refractivity contribution in [3.05, 3.63) is 0 Å². The number of amides is 1. The van der Waals surface area contributed by atoms with E-state index in [9.17, 15) is 4.79 Å². The second-order valence-corrected chi connectivity index (χ2v) is 6.37. The molecule has 4 nitrogen and oxygen atoms in total. The molecule has 4 aliphatic rings. The Labute approximate surface area is 115 Å². The molecule has 3 saturated heterocycles. The molecule has 108 valence electrons. The Morgan fingerprint density at radius 3 is 2.68 bits per heavy atom. The van der Waals surface area contributed by atoms with Crippen LogP contribution in [0.15, 0.2) is 0 Å². The fourth-order valence-electron chi connectivity index (χ4n) is 4.83. The van der Waals surface area contributed by atoms with Gasteiger partial charge in [0.05, 0.1) is 0 Å². The van der Waals surface area contributed by atoms with E-state index in [4.69, 9.17) is 9.47 Å². The minimum atomic E-state index is -0.554. The number of rotatable bonds is 3. The maximum absolute atomic E-state index is 12.4. The molecule has 0 aromatic rings. The van der Waals surface area contributed by atoms with Gasteiger partial charge in [0.2, 0.25) is 5.91 Å². The quantitative estimate of drug-likeness (QED) is 0.734. The molecular weight excluding hydrogens is 242 g/mol. The Kier molecular flexibility index (Phi) is 3.34. The van der Waals surface area contributed by atoms with Gasteiger partial charge in [0, 0.05) is 45.6 Å². The van der Waals surface area contributed by atoms with Crippen LogP contribution in [0.2, 0.25) is 0 Å². The van der Waals surface area contributed by atoms with Crippen molar-refractivity contribution in [3.63, 3.8) is 0 Å². The first-order chi connectivity index (χ1) is 9.15. The van der Waals surface area contributed by atoms with Gasteiger partial charge >= 0.3 is 0 Å². The topological polar surface area (TPSA) is 38.8 Å². The molecule has 4 fully saturated rings. The molecule has 0 aromatic heterocycles. The van der Waals surface area contributed by atoms with E-state index in [0.29, 0.717) is 42.5 Å². The molecule has 1 saturated carbocycles. The maximum atomic E-state index is 12.4. The van der Waals surface area contributed by atoms with E-state index in [2.05, 4.69) is 11.8 Å². The summed E-state index contributed by atoms with van der Waals surface area (Å²) < 4.78 is 11.6. The lowest BCUT2D eigenvalue weighted by molar-refractivity contribution is -0.267. The van der Waals surface area contributed by atoms with Crippen LogP contribution in [-0.2, 0) is 14.3 Å². The molecule has 19 heavy (non-hydrogen) atoms. The minimum Gasteiger partial charge on any atom is -0.353 e. The Bertz CT molecular complexity index is 366. The Morgan fingerprint density at radius 2 is 2.05 bits per heavy atom. The highest BCUT2D eigenvalue weighted by atomic mass is 16.7. The fraction of sp³-hybridized carbons (Fsp3) is 0.933. The monoisotopic (exact) mass is 267 g/mol. The van der Waals surface area contributed by atoms with Crippen molar-refractivity contribution in [2.75, 3.05) is 20.8 Å². The predicted octanol–water partition coefficient (Wildman–Crippen LogP) is 2.03. The molecule has 1 aliphatic carbocycles. The normalized spacial score (nSPS) is 40.4. The van der Waals surface area contributed by atoms with Crippen molar-refractivity contribution in [2.24, 2.45) is 17.8 Å². The summed E-state index contributed by atoms with van der Waals surface area (Å²) in [6.45, 7) is 3.20. The van der Waals surface area contributed by atoms with Gasteiger partial charge in [-0.25, -0.2) is 0 Å². The predicted molar refractivity (Wildman–Crippen MR) is 71.5 cm³/mol. The van der Waals surface area contributed by atoms with Crippen molar-refractivity contribution in [1.29, 1.82) is 0 Å². The van der Waals surface area contributed by atoms with Gasteiger partial charge in [0.1, 0.15) is 0 Å². The second kappa shape index (κ2) is 4.74. The average Bonchev–Trinajstić information content (AvgIpc) is 2.55. The highest BCUT2D eigenvalue weighted by Crippen LogP contribution is 2.51. The van der Waals surface area contributed by atoms with Crippen LogP contribution < -0.4 is 0 Å². The van der Waals surface area contributed by atoms with Gasteiger partial charge in [-0.3, -0.25) is 4.79 Å². The summed E-state index contributed by atoms with van der Waals surface area (Å²) in [6.07, 6.45) is 4.81. The van der Waals surface area contributed by atoms with Crippen molar-refractivity contribution in [2.45, 2.75) is 50.9 Å². The largest absolute Gasteiger partial charge is 0.353 e. The molecule has 4 atom stereocenters. The standard InChI is InChI=1S/C15H25NO3/c1-4-11-7-10-8-12-14(11)16(9-10)13(17)5-6-15(12,18-2)19-3/h10-12,14H,4-9H2,1-3H3. The summed E-state index contributed by atoms with van der Waals surface area (Å²) in [7, 11) is 3.46. The van der Waals surface area contributed by atoms with Crippen molar-refractivity contribution in [3.8, 4) is 0 Å². The third kappa shape index (κ3) is 1.83. The fourth-order valence-corrected chi connectivity index (χ4v) is 4.83. The van der Waals surface area contributed by atoms with Crippen LogP contribution in [0, 0.1) is 17.8 Å². The Morgan fingerprint density at radius 1 is 1.32 bits per heavy atom. The van der Waals surface area contributed by atoms with E-state index in [-0.39, 0.29) is 0 Å². The molecule has 4 rings (SSSR count). The third-order valence-electron chi connectivity index (χ3n) is 5.72. The maximum Gasteiger partial charge on any atom is 0.223 e. The number of carbonyl (C=O) groups is 1.